The van der Waals surface area contributed by atoms with Crippen molar-refractivity contribution < 1.29 is 44.5 Å². The maximum atomic E-state index is 13.5. The Balaban J connectivity index is 1.31. The van der Waals surface area contributed by atoms with Gasteiger partial charge in [0.15, 0.2) is 11.9 Å². The zero-order chi connectivity index (χ0) is 26.1. The summed E-state index contributed by atoms with van der Waals surface area (Å²) in [6, 6.07) is 9.36. The van der Waals surface area contributed by atoms with Crippen LogP contribution in [0.25, 0.3) is 10.9 Å². The Kier molecular flexibility index (Phi) is 5.84. The summed E-state index contributed by atoms with van der Waals surface area (Å²) >= 11 is 0. The number of para-hydroxylation sites is 1. The van der Waals surface area contributed by atoms with E-state index in [-0.39, 0.29) is 17.5 Å². The van der Waals surface area contributed by atoms with Crippen molar-refractivity contribution in [3.8, 4) is 0 Å². The van der Waals surface area contributed by atoms with E-state index in [1.54, 1.807) is 4.90 Å². The lowest BCUT2D eigenvalue weighted by Crippen LogP contribution is -2.63. The molecule has 1 aromatic carbocycles. The lowest BCUT2D eigenvalue weighted by molar-refractivity contribution is -0.354. The number of nitrogens with zero attached hydrogens (tertiary/aromatic N) is 2. The van der Waals surface area contributed by atoms with Gasteiger partial charge in [0.1, 0.15) is 24.4 Å². The first kappa shape index (κ1) is 24.4. The van der Waals surface area contributed by atoms with Gasteiger partial charge in [0.2, 0.25) is 6.29 Å². The summed E-state index contributed by atoms with van der Waals surface area (Å²) in [7, 11) is 0. The first-order valence-electron chi connectivity index (χ1n) is 12.1. The second kappa shape index (κ2) is 8.84. The predicted octanol–water partition coefficient (Wildman–Crippen LogP) is -0.388. The van der Waals surface area contributed by atoms with Crippen molar-refractivity contribution >= 4 is 16.8 Å². The third-order valence-electron chi connectivity index (χ3n) is 7.90. The molecular weight excluding hydrogens is 484 g/mol. The van der Waals surface area contributed by atoms with Gasteiger partial charge in [-0.25, -0.2) is 0 Å². The maximum absolute atomic E-state index is 13.5. The number of hydrogen-bond donors (Lipinski definition) is 5. The molecule has 5 heterocycles. The van der Waals surface area contributed by atoms with Gasteiger partial charge in [0.05, 0.1) is 35.7 Å². The number of aromatic nitrogens is 1. The number of fused-ring (bicyclic) bond motifs is 5. The van der Waals surface area contributed by atoms with Gasteiger partial charge in [-0.1, -0.05) is 30.9 Å². The standard InChI is InChI=1S/C26H28N2O9/c1-2-26(34)15-8-17-19-13(7-12-5-3-4-6-16(12)27-19)9-28(17)23(33)14(15)11-35-25(26)37-24-22(32)21(31)20(30)18(10-29)36-24/h2-7,11,15,17-18,20-22,24-25,29-32,34H,1,8-10H2/t15-,17+,18-,20-,21+,22-,24+,25+,26+/m1/s1. The van der Waals surface area contributed by atoms with Crippen LogP contribution in [0, 0.1) is 5.92 Å². The predicted molar refractivity (Wildman–Crippen MR) is 126 cm³/mol. The Morgan fingerprint density at radius 1 is 1.22 bits per heavy atom. The van der Waals surface area contributed by atoms with E-state index in [2.05, 4.69) is 6.58 Å². The zero-order valence-electron chi connectivity index (χ0n) is 19.8. The molecule has 11 heteroatoms. The molecule has 0 bridgehead atoms. The van der Waals surface area contributed by atoms with Crippen LogP contribution < -0.4 is 0 Å². The van der Waals surface area contributed by atoms with Gasteiger partial charge in [-0.05, 0) is 24.1 Å². The molecule has 0 spiro atoms. The van der Waals surface area contributed by atoms with Crippen LogP contribution in [0.3, 0.4) is 0 Å². The summed E-state index contributed by atoms with van der Waals surface area (Å²) < 4.78 is 16.8. The molecule has 1 aromatic heterocycles. The average Bonchev–Trinajstić information content (AvgIpc) is 3.27. The van der Waals surface area contributed by atoms with Crippen LogP contribution in [0.15, 0.2) is 54.8 Å². The summed E-state index contributed by atoms with van der Waals surface area (Å²) in [5, 5.41) is 52.8. The number of ether oxygens (including phenoxy) is 3. The summed E-state index contributed by atoms with van der Waals surface area (Å²) in [5.74, 6) is -1.07. The lowest BCUT2D eigenvalue weighted by atomic mass is 9.73. The smallest absolute Gasteiger partial charge is 0.254 e. The monoisotopic (exact) mass is 512 g/mol. The molecule has 4 aliphatic heterocycles. The third-order valence-corrected chi connectivity index (χ3v) is 7.90. The fourth-order valence-corrected chi connectivity index (χ4v) is 5.81. The number of aliphatic hydroxyl groups excluding tert-OH is 4. The fourth-order valence-electron chi connectivity index (χ4n) is 5.81. The molecular formula is C26H28N2O9. The van der Waals surface area contributed by atoms with E-state index < -0.39 is 55.1 Å². The van der Waals surface area contributed by atoms with Crippen LogP contribution in [0.2, 0.25) is 0 Å². The zero-order valence-corrected chi connectivity index (χ0v) is 19.8. The van der Waals surface area contributed by atoms with Gasteiger partial charge in [-0.3, -0.25) is 9.78 Å². The number of piperidine rings is 1. The van der Waals surface area contributed by atoms with Gasteiger partial charge in [-0.15, -0.1) is 0 Å². The van der Waals surface area contributed by atoms with Gasteiger partial charge in [-0.2, -0.15) is 0 Å². The second-order valence-corrected chi connectivity index (χ2v) is 9.93. The van der Waals surface area contributed by atoms with Gasteiger partial charge in [0, 0.05) is 17.8 Å². The summed E-state index contributed by atoms with van der Waals surface area (Å²) in [5.41, 5.74) is 0.866. The molecule has 0 saturated carbocycles. The minimum absolute atomic E-state index is 0.254. The number of aliphatic hydroxyl groups is 5. The van der Waals surface area contributed by atoms with E-state index in [1.807, 2.05) is 30.3 Å². The molecule has 4 aliphatic rings. The lowest BCUT2D eigenvalue weighted by Gasteiger charge is -2.49. The van der Waals surface area contributed by atoms with Gasteiger partial charge in [0.25, 0.3) is 5.91 Å². The molecule has 9 atom stereocenters. The highest BCUT2D eigenvalue weighted by molar-refractivity contribution is 5.96. The molecule has 37 heavy (non-hydrogen) atoms. The topological polar surface area (TPSA) is 162 Å². The average molecular weight is 513 g/mol. The van der Waals surface area contributed by atoms with Crippen molar-refractivity contribution in [2.75, 3.05) is 6.61 Å². The van der Waals surface area contributed by atoms with Crippen molar-refractivity contribution in [2.24, 2.45) is 5.92 Å². The van der Waals surface area contributed by atoms with E-state index in [0.717, 1.165) is 22.2 Å². The number of carbonyl (C=O) groups excluding carboxylic acids is 1. The van der Waals surface area contributed by atoms with Crippen LogP contribution in [0.4, 0.5) is 0 Å². The van der Waals surface area contributed by atoms with Gasteiger partial charge < -0.3 is 44.6 Å². The Bertz CT molecular complexity index is 1280. The van der Waals surface area contributed by atoms with Crippen LogP contribution in [0.5, 0.6) is 0 Å². The molecule has 11 nitrogen and oxygen atoms in total. The quantitative estimate of drug-likeness (QED) is 0.341. The van der Waals surface area contributed by atoms with Crippen LogP contribution >= 0.6 is 0 Å². The van der Waals surface area contributed by atoms with Crippen LogP contribution in [0.1, 0.15) is 23.7 Å². The number of amides is 1. The third kappa shape index (κ3) is 3.62. The van der Waals surface area contributed by atoms with Crippen molar-refractivity contribution in [1.82, 2.24) is 9.88 Å². The molecule has 0 aliphatic carbocycles. The van der Waals surface area contributed by atoms with E-state index in [4.69, 9.17) is 19.2 Å². The number of benzene rings is 1. The van der Waals surface area contributed by atoms with Crippen molar-refractivity contribution in [1.29, 1.82) is 0 Å². The Morgan fingerprint density at radius 3 is 2.76 bits per heavy atom. The number of pyridine rings is 1. The molecule has 1 amide bonds. The fraction of sp³-hybridized carbons (Fsp3) is 0.462. The molecule has 0 unspecified atom stereocenters. The normalized spacial score (nSPS) is 38.9. The number of hydrogen-bond acceptors (Lipinski definition) is 10. The van der Waals surface area contributed by atoms with Crippen molar-refractivity contribution in [3.63, 3.8) is 0 Å². The number of carbonyl (C=O) groups is 1. The van der Waals surface area contributed by atoms with E-state index in [0.29, 0.717) is 13.0 Å². The largest absolute Gasteiger partial charge is 0.468 e. The summed E-state index contributed by atoms with van der Waals surface area (Å²) in [6.07, 6.45) is -6.35. The Labute approximate surface area is 211 Å². The molecule has 2 aromatic rings. The minimum atomic E-state index is -1.91. The van der Waals surface area contributed by atoms with Crippen molar-refractivity contribution in [2.45, 2.75) is 61.6 Å². The highest BCUT2D eigenvalue weighted by Gasteiger charge is 2.57. The molecule has 6 rings (SSSR count). The molecule has 196 valence electrons. The van der Waals surface area contributed by atoms with E-state index in [1.165, 1.54) is 12.3 Å². The second-order valence-electron chi connectivity index (χ2n) is 9.93. The highest BCUT2D eigenvalue weighted by Crippen LogP contribution is 2.50. The summed E-state index contributed by atoms with van der Waals surface area (Å²) in [4.78, 5) is 20.1. The van der Waals surface area contributed by atoms with E-state index in [9.17, 15) is 30.3 Å². The number of rotatable bonds is 4. The maximum Gasteiger partial charge on any atom is 0.254 e. The highest BCUT2D eigenvalue weighted by atomic mass is 16.8. The SMILES string of the molecule is C=C[C@@]1(O)[C@H](O[C@@H]2O[C@H](CO)[C@@H](O)[C@H](O)[C@H]2O)OC=C2C(=O)N3Cc4cc5ccccc5nc4[C@@H]3C[C@H]21. The van der Waals surface area contributed by atoms with Gasteiger partial charge >= 0.3 is 0 Å². The molecule has 0 radical (unpaired) electrons. The van der Waals surface area contributed by atoms with Crippen LogP contribution in [-0.2, 0) is 25.5 Å². The first-order chi connectivity index (χ1) is 17.8. The first-order valence-corrected chi connectivity index (χ1v) is 12.1. The van der Waals surface area contributed by atoms with Crippen LogP contribution in [-0.4, -0.2) is 90.5 Å². The molecule has 2 fully saturated rings. The van der Waals surface area contributed by atoms with E-state index >= 15 is 0 Å². The van der Waals surface area contributed by atoms with Crippen molar-refractivity contribution in [3.05, 3.63) is 66.1 Å². The molecule has 5 N–H and O–H groups in total. The Morgan fingerprint density at radius 2 is 2.00 bits per heavy atom. The summed E-state index contributed by atoms with van der Waals surface area (Å²) in [6.45, 7) is 3.50. The Hall–Kier alpha value is -2.90. The minimum Gasteiger partial charge on any atom is -0.468 e. The molecule has 2 saturated heterocycles.